The number of fused-ring (bicyclic) bond motifs is 1. The first-order chi connectivity index (χ1) is 15.4. The van der Waals surface area contributed by atoms with Crippen LogP contribution in [0, 0.1) is 26.7 Å². The van der Waals surface area contributed by atoms with E-state index in [1.807, 2.05) is 87.5 Å². The van der Waals surface area contributed by atoms with Gasteiger partial charge in [-0.15, -0.1) is 0 Å². The summed E-state index contributed by atoms with van der Waals surface area (Å²) in [7, 11) is 0. The van der Waals surface area contributed by atoms with Gasteiger partial charge in [0.2, 0.25) is 5.91 Å². The molecule has 2 aliphatic rings. The van der Waals surface area contributed by atoms with Crippen molar-refractivity contribution in [3.63, 3.8) is 0 Å². The lowest BCUT2D eigenvalue weighted by molar-refractivity contribution is -0.126. The molecule has 2 fully saturated rings. The number of benzene rings is 3. The number of anilines is 2. The van der Waals surface area contributed by atoms with E-state index in [4.69, 9.17) is 4.84 Å². The lowest BCUT2D eigenvalue weighted by atomic mass is 9.90. The minimum absolute atomic E-state index is 0.224. The van der Waals surface area contributed by atoms with Crippen LogP contribution in [-0.2, 0) is 14.4 Å². The van der Waals surface area contributed by atoms with E-state index in [2.05, 4.69) is 15.9 Å². The molecule has 32 heavy (non-hydrogen) atoms. The zero-order valence-corrected chi connectivity index (χ0v) is 19.7. The SMILES string of the molecule is Cc1cc(C)c(N2C(=O)[C@@H]3[C@@H](ON(c4ccccc4)[C@H]3c3cccc(Br)c3)C2=O)c(C)c1. The highest BCUT2D eigenvalue weighted by molar-refractivity contribution is 9.10. The van der Waals surface area contributed by atoms with Crippen molar-refractivity contribution in [2.75, 3.05) is 9.96 Å². The summed E-state index contributed by atoms with van der Waals surface area (Å²) < 4.78 is 0.908. The number of amides is 2. The Balaban J connectivity index is 1.62. The Hall–Kier alpha value is -2.96. The molecule has 0 radical (unpaired) electrons. The van der Waals surface area contributed by atoms with Gasteiger partial charge < -0.3 is 0 Å². The van der Waals surface area contributed by atoms with Crippen LogP contribution in [-0.4, -0.2) is 17.9 Å². The van der Waals surface area contributed by atoms with Crippen molar-refractivity contribution < 1.29 is 14.4 Å². The number of hydrogen-bond donors (Lipinski definition) is 0. The Labute approximate surface area is 195 Å². The first-order valence-corrected chi connectivity index (χ1v) is 11.4. The van der Waals surface area contributed by atoms with Crippen LogP contribution in [0.1, 0.15) is 28.3 Å². The van der Waals surface area contributed by atoms with E-state index >= 15 is 0 Å². The van der Waals surface area contributed by atoms with E-state index in [1.165, 1.54) is 4.90 Å². The summed E-state index contributed by atoms with van der Waals surface area (Å²) in [6, 6.07) is 21.0. The average molecular weight is 491 g/mol. The van der Waals surface area contributed by atoms with Crippen LogP contribution in [0.3, 0.4) is 0 Å². The minimum atomic E-state index is -0.869. The molecule has 5 nitrogen and oxygen atoms in total. The quantitative estimate of drug-likeness (QED) is 0.459. The van der Waals surface area contributed by atoms with Gasteiger partial charge in [-0.1, -0.05) is 64.0 Å². The third kappa shape index (κ3) is 3.26. The average Bonchev–Trinajstić information content (AvgIpc) is 3.26. The maximum atomic E-state index is 13.8. The van der Waals surface area contributed by atoms with Crippen LogP contribution in [0.4, 0.5) is 11.4 Å². The fourth-order valence-corrected chi connectivity index (χ4v) is 5.41. The van der Waals surface area contributed by atoms with Crippen molar-refractivity contribution in [2.45, 2.75) is 32.9 Å². The second-order valence-corrected chi connectivity index (χ2v) is 9.39. The molecule has 162 valence electrons. The van der Waals surface area contributed by atoms with E-state index in [9.17, 15) is 9.59 Å². The number of halogens is 1. The molecule has 0 bridgehead atoms. The molecule has 3 atom stereocenters. The predicted molar refractivity (Wildman–Crippen MR) is 127 cm³/mol. The van der Waals surface area contributed by atoms with Gasteiger partial charge in [0, 0.05) is 4.47 Å². The van der Waals surface area contributed by atoms with E-state index in [0.717, 1.165) is 32.4 Å². The van der Waals surface area contributed by atoms with Gasteiger partial charge >= 0.3 is 0 Å². The van der Waals surface area contributed by atoms with Gasteiger partial charge in [-0.2, -0.15) is 0 Å². The van der Waals surface area contributed by atoms with Crippen LogP contribution in [0.25, 0.3) is 0 Å². The van der Waals surface area contributed by atoms with Crippen LogP contribution in [0.15, 0.2) is 71.2 Å². The van der Waals surface area contributed by atoms with Crippen LogP contribution < -0.4 is 9.96 Å². The molecular formula is C26H23BrN2O3. The lowest BCUT2D eigenvalue weighted by Crippen LogP contribution is -2.38. The molecule has 0 N–H and O–H groups in total. The summed E-state index contributed by atoms with van der Waals surface area (Å²) in [6.45, 7) is 5.89. The zero-order valence-electron chi connectivity index (χ0n) is 18.1. The molecule has 3 aromatic carbocycles. The molecule has 0 aliphatic carbocycles. The van der Waals surface area contributed by atoms with Gasteiger partial charge in [0.05, 0.1) is 17.4 Å². The molecule has 2 saturated heterocycles. The molecule has 2 amide bonds. The van der Waals surface area contributed by atoms with Gasteiger partial charge in [0.15, 0.2) is 6.10 Å². The van der Waals surface area contributed by atoms with Gasteiger partial charge in [-0.25, -0.2) is 9.96 Å². The number of nitrogens with zero attached hydrogens (tertiary/aromatic N) is 2. The van der Waals surface area contributed by atoms with E-state index < -0.39 is 18.1 Å². The Morgan fingerprint density at radius 1 is 0.844 bits per heavy atom. The number of hydroxylamine groups is 1. The highest BCUT2D eigenvalue weighted by Gasteiger charge is 2.60. The number of para-hydroxylation sites is 1. The molecular weight excluding hydrogens is 468 g/mol. The second kappa shape index (κ2) is 7.87. The van der Waals surface area contributed by atoms with Crippen molar-refractivity contribution in [1.29, 1.82) is 0 Å². The normalized spacial score (nSPS) is 22.6. The van der Waals surface area contributed by atoms with Crippen molar-refractivity contribution >= 4 is 39.1 Å². The number of imide groups is 1. The van der Waals surface area contributed by atoms with E-state index in [0.29, 0.717) is 5.69 Å². The third-order valence-corrected chi connectivity index (χ3v) is 6.67. The first-order valence-electron chi connectivity index (χ1n) is 10.6. The number of carbonyl (C=O) groups is 2. The minimum Gasteiger partial charge on any atom is -0.273 e. The fourth-order valence-electron chi connectivity index (χ4n) is 4.99. The Bertz CT molecular complexity index is 1200. The maximum absolute atomic E-state index is 13.8. The Morgan fingerprint density at radius 2 is 1.53 bits per heavy atom. The largest absolute Gasteiger partial charge is 0.273 e. The summed E-state index contributed by atoms with van der Waals surface area (Å²) in [5, 5.41) is 1.72. The molecule has 0 aromatic heterocycles. The standard InChI is InChI=1S/C26H23BrN2O3/c1-15-12-16(2)22(17(3)13-15)28-25(30)21-23(18-8-7-9-19(27)14-18)29(32-24(21)26(28)31)20-10-5-4-6-11-20/h4-14,21,23-24H,1-3H3/t21-,23-,24+/m0/s1. The summed E-state index contributed by atoms with van der Waals surface area (Å²) in [4.78, 5) is 34.9. The van der Waals surface area contributed by atoms with Crippen molar-refractivity contribution in [1.82, 2.24) is 0 Å². The van der Waals surface area contributed by atoms with Crippen LogP contribution in [0.2, 0.25) is 0 Å². The topological polar surface area (TPSA) is 49.9 Å². The first kappa shape index (κ1) is 20.9. The predicted octanol–water partition coefficient (Wildman–Crippen LogP) is 5.43. The monoisotopic (exact) mass is 490 g/mol. The summed E-state index contributed by atoms with van der Waals surface area (Å²) in [6.07, 6.45) is -0.869. The highest BCUT2D eigenvalue weighted by Crippen LogP contribution is 2.48. The molecule has 3 aromatic rings. The third-order valence-electron chi connectivity index (χ3n) is 6.18. The van der Waals surface area contributed by atoms with Gasteiger partial charge in [-0.3, -0.25) is 14.4 Å². The number of hydrogen-bond acceptors (Lipinski definition) is 4. The van der Waals surface area contributed by atoms with Crippen molar-refractivity contribution in [2.24, 2.45) is 5.92 Å². The van der Waals surface area contributed by atoms with Gasteiger partial charge in [0.25, 0.3) is 5.91 Å². The molecule has 2 heterocycles. The second-order valence-electron chi connectivity index (χ2n) is 8.47. The van der Waals surface area contributed by atoms with Crippen LogP contribution in [0.5, 0.6) is 0 Å². The van der Waals surface area contributed by atoms with E-state index in [1.54, 1.807) is 5.06 Å². The maximum Gasteiger partial charge on any atom is 0.266 e. The van der Waals surface area contributed by atoms with Crippen molar-refractivity contribution in [3.8, 4) is 0 Å². The molecule has 0 saturated carbocycles. The number of rotatable bonds is 3. The summed E-state index contributed by atoms with van der Waals surface area (Å²) >= 11 is 3.54. The highest BCUT2D eigenvalue weighted by atomic mass is 79.9. The molecule has 5 rings (SSSR count). The molecule has 6 heteroatoms. The Morgan fingerprint density at radius 3 is 2.19 bits per heavy atom. The fraction of sp³-hybridized carbons (Fsp3) is 0.231. The van der Waals surface area contributed by atoms with Gasteiger partial charge in [0.1, 0.15) is 5.92 Å². The zero-order chi connectivity index (χ0) is 22.6. The smallest absolute Gasteiger partial charge is 0.266 e. The summed E-state index contributed by atoms with van der Waals surface area (Å²) in [5.74, 6) is -1.18. The van der Waals surface area contributed by atoms with Crippen LogP contribution >= 0.6 is 15.9 Å². The Kier molecular flexibility index (Phi) is 5.14. The molecule has 0 spiro atoms. The van der Waals surface area contributed by atoms with Gasteiger partial charge in [-0.05, 0) is 61.7 Å². The molecule has 2 aliphatic heterocycles. The number of aryl methyl sites for hydroxylation is 3. The van der Waals surface area contributed by atoms with E-state index in [-0.39, 0.29) is 11.8 Å². The number of carbonyl (C=O) groups excluding carboxylic acids is 2. The van der Waals surface area contributed by atoms with Crippen molar-refractivity contribution in [3.05, 3.63) is 93.5 Å². The molecule has 0 unspecified atom stereocenters. The summed E-state index contributed by atoms with van der Waals surface area (Å²) in [5.41, 5.74) is 5.30. The lowest BCUT2D eigenvalue weighted by Gasteiger charge is -2.29.